The van der Waals surface area contributed by atoms with Crippen LogP contribution in [0.15, 0.2) is 42.5 Å². The van der Waals surface area contributed by atoms with Gasteiger partial charge in [0.1, 0.15) is 5.75 Å². The van der Waals surface area contributed by atoms with Crippen LogP contribution in [0.4, 0.5) is 0 Å². The Morgan fingerprint density at radius 2 is 1.57 bits per heavy atom. The summed E-state index contributed by atoms with van der Waals surface area (Å²) in [5.74, 6) is -0.281. The number of ketones is 1. The summed E-state index contributed by atoms with van der Waals surface area (Å²) in [6, 6.07) is 12.1. The number of Topliss-reactive ketones (excluding diaryl/α,β-unsaturated/α-hetero) is 1. The second kappa shape index (κ2) is 7.79. The third kappa shape index (κ3) is 5.42. The second-order valence-electron chi connectivity index (χ2n) is 5.20. The first-order chi connectivity index (χ1) is 10.9. The van der Waals surface area contributed by atoms with Gasteiger partial charge in [0.2, 0.25) is 0 Å². The van der Waals surface area contributed by atoms with Crippen molar-refractivity contribution in [1.82, 2.24) is 0 Å². The number of hydrogen-bond donors (Lipinski definition) is 0. The van der Waals surface area contributed by atoms with Crippen molar-refractivity contribution < 1.29 is 19.1 Å². The molecule has 0 aromatic heterocycles. The smallest absolute Gasteiger partial charge is 0.344 e. The molecule has 0 aliphatic rings. The Balaban J connectivity index is 1.80. The van der Waals surface area contributed by atoms with Gasteiger partial charge < -0.3 is 9.47 Å². The molecule has 2 aromatic rings. The van der Waals surface area contributed by atoms with Crippen LogP contribution in [-0.4, -0.2) is 25.0 Å². The van der Waals surface area contributed by atoms with E-state index in [-0.39, 0.29) is 19.0 Å². The number of esters is 1. The Labute approximate surface area is 140 Å². The number of benzene rings is 2. The molecule has 0 unspecified atom stereocenters. The van der Waals surface area contributed by atoms with E-state index in [1.165, 1.54) is 0 Å². The average molecular weight is 333 g/mol. The van der Waals surface area contributed by atoms with E-state index in [1.807, 2.05) is 32.0 Å². The van der Waals surface area contributed by atoms with Gasteiger partial charge in [-0.25, -0.2) is 4.79 Å². The number of carbonyl (C=O) groups excluding carboxylic acids is 2. The maximum absolute atomic E-state index is 11.9. The van der Waals surface area contributed by atoms with Crippen LogP contribution in [0.5, 0.6) is 5.75 Å². The van der Waals surface area contributed by atoms with Gasteiger partial charge in [-0.1, -0.05) is 17.7 Å². The Kier molecular flexibility index (Phi) is 5.77. The lowest BCUT2D eigenvalue weighted by atomic mass is 10.1. The average Bonchev–Trinajstić information content (AvgIpc) is 2.50. The molecule has 120 valence electrons. The van der Waals surface area contributed by atoms with E-state index in [0.717, 1.165) is 11.1 Å². The molecular formula is C18H17ClO4. The maximum Gasteiger partial charge on any atom is 0.344 e. The number of rotatable bonds is 6. The van der Waals surface area contributed by atoms with Crippen molar-refractivity contribution in [2.45, 2.75) is 13.8 Å². The molecular weight excluding hydrogens is 316 g/mol. The summed E-state index contributed by atoms with van der Waals surface area (Å²) in [5, 5.41) is 0.542. The minimum atomic E-state index is -0.591. The molecule has 23 heavy (non-hydrogen) atoms. The third-order valence-corrected chi connectivity index (χ3v) is 3.33. The largest absolute Gasteiger partial charge is 0.482 e. The first-order valence-corrected chi connectivity index (χ1v) is 7.47. The zero-order valence-electron chi connectivity index (χ0n) is 13.0. The summed E-state index contributed by atoms with van der Waals surface area (Å²) in [6.07, 6.45) is 0. The number of halogens is 1. The summed E-state index contributed by atoms with van der Waals surface area (Å²) >= 11 is 5.75. The van der Waals surface area contributed by atoms with Gasteiger partial charge in [0.25, 0.3) is 0 Å². The topological polar surface area (TPSA) is 52.6 Å². The van der Waals surface area contributed by atoms with Crippen molar-refractivity contribution in [2.24, 2.45) is 0 Å². The normalized spacial score (nSPS) is 10.2. The van der Waals surface area contributed by atoms with Gasteiger partial charge in [-0.05, 0) is 61.4 Å². The highest BCUT2D eigenvalue weighted by molar-refractivity contribution is 6.30. The summed E-state index contributed by atoms with van der Waals surface area (Å²) < 4.78 is 10.3. The molecule has 0 aliphatic heterocycles. The van der Waals surface area contributed by atoms with E-state index < -0.39 is 5.97 Å². The molecule has 0 fully saturated rings. The lowest BCUT2D eigenvalue weighted by Gasteiger charge is -2.08. The van der Waals surface area contributed by atoms with Crippen molar-refractivity contribution in [2.75, 3.05) is 13.2 Å². The minimum Gasteiger partial charge on any atom is -0.482 e. The van der Waals surface area contributed by atoms with Gasteiger partial charge in [-0.15, -0.1) is 0 Å². The number of carbonyl (C=O) groups is 2. The minimum absolute atomic E-state index is 0.239. The summed E-state index contributed by atoms with van der Waals surface area (Å²) in [6.45, 7) is 3.33. The van der Waals surface area contributed by atoms with E-state index >= 15 is 0 Å². The van der Waals surface area contributed by atoms with Gasteiger partial charge in [-0.2, -0.15) is 0 Å². The molecule has 0 bridgehead atoms. The van der Waals surface area contributed by atoms with Crippen LogP contribution in [0.3, 0.4) is 0 Å². The maximum atomic E-state index is 11.9. The fraction of sp³-hybridized carbons (Fsp3) is 0.222. The van der Waals surface area contributed by atoms with Crippen molar-refractivity contribution in [3.63, 3.8) is 0 Å². The highest BCUT2D eigenvalue weighted by Crippen LogP contribution is 2.16. The quantitative estimate of drug-likeness (QED) is 0.597. The molecule has 0 spiro atoms. The van der Waals surface area contributed by atoms with Crippen molar-refractivity contribution in [3.8, 4) is 5.75 Å². The predicted molar refractivity (Wildman–Crippen MR) is 88.2 cm³/mol. The van der Waals surface area contributed by atoms with Crippen LogP contribution in [0, 0.1) is 13.8 Å². The third-order valence-electron chi connectivity index (χ3n) is 3.08. The number of aryl methyl sites for hydroxylation is 2. The lowest BCUT2D eigenvalue weighted by molar-refractivity contribution is -0.144. The van der Waals surface area contributed by atoms with Crippen LogP contribution in [0.2, 0.25) is 5.02 Å². The van der Waals surface area contributed by atoms with Crippen LogP contribution in [-0.2, 0) is 9.53 Å². The standard InChI is InChI=1S/C18H17ClO4/c1-12-7-13(2)9-16(8-12)22-11-18(21)23-10-17(20)14-3-5-15(19)6-4-14/h3-9H,10-11H2,1-2H3. The van der Waals surface area contributed by atoms with Crippen LogP contribution < -0.4 is 4.74 Å². The zero-order chi connectivity index (χ0) is 16.8. The van der Waals surface area contributed by atoms with Crippen LogP contribution in [0.25, 0.3) is 0 Å². The van der Waals surface area contributed by atoms with E-state index in [1.54, 1.807) is 24.3 Å². The Bertz CT molecular complexity index is 687. The van der Waals surface area contributed by atoms with Crippen LogP contribution >= 0.6 is 11.6 Å². The number of ether oxygens (including phenoxy) is 2. The Morgan fingerprint density at radius 1 is 0.957 bits per heavy atom. The Morgan fingerprint density at radius 3 is 2.17 bits per heavy atom. The van der Waals surface area contributed by atoms with Gasteiger partial charge in [-0.3, -0.25) is 4.79 Å². The zero-order valence-corrected chi connectivity index (χ0v) is 13.7. The van der Waals surface area contributed by atoms with E-state index in [2.05, 4.69) is 0 Å². The molecule has 0 N–H and O–H groups in total. The summed E-state index contributed by atoms with van der Waals surface area (Å²) in [4.78, 5) is 23.5. The van der Waals surface area contributed by atoms with Gasteiger partial charge in [0.05, 0.1) is 0 Å². The molecule has 0 saturated carbocycles. The SMILES string of the molecule is Cc1cc(C)cc(OCC(=O)OCC(=O)c2ccc(Cl)cc2)c1. The lowest BCUT2D eigenvalue weighted by Crippen LogP contribution is -2.19. The Hall–Kier alpha value is -2.33. The molecule has 5 heteroatoms. The van der Waals surface area contributed by atoms with Crippen molar-refractivity contribution in [1.29, 1.82) is 0 Å². The van der Waals surface area contributed by atoms with Crippen LogP contribution in [0.1, 0.15) is 21.5 Å². The number of hydrogen-bond acceptors (Lipinski definition) is 4. The fourth-order valence-corrected chi connectivity index (χ4v) is 2.19. The molecule has 0 saturated heterocycles. The molecule has 0 radical (unpaired) electrons. The van der Waals surface area contributed by atoms with E-state index in [9.17, 15) is 9.59 Å². The molecule has 2 rings (SSSR count). The fourth-order valence-electron chi connectivity index (χ4n) is 2.07. The van der Waals surface area contributed by atoms with E-state index in [0.29, 0.717) is 16.3 Å². The summed E-state index contributed by atoms with van der Waals surface area (Å²) in [7, 11) is 0. The molecule has 0 atom stereocenters. The van der Waals surface area contributed by atoms with Gasteiger partial charge in [0.15, 0.2) is 19.0 Å². The molecule has 4 nitrogen and oxygen atoms in total. The van der Waals surface area contributed by atoms with Crippen molar-refractivity contribution >= 4 is 23.4 Å². The molecule has 2 aromatic carbocycles. The monoisotopic (exact) mass is 332 g/mol. The second-order valence-corrected chi connectivity index (χ2v) is 5.64. The van der Waals surface area contributed by atoms with Gasteiger partial charge in [0, 0.05) is 10.6 Å². The highest BCUT2D eigenvalue weighted by Gasteiger charge is 2.11. The molecule has 0 amide bonds. The molecule has 0 heterocycles. The first kappa shape index (κ1) is 17.0. The highest BCUT2D eigenvalue weighted by atomic mass is 35.5. The van der Waals surface area contributed by atoms with Gasteiger partial charge >= 0.3 is 5.97 Å². The molecule has 0 aliphatic carbocycles. The van der Waals surface area contributed by atoms with E-state index in [4.69, 9.17) is 21.1 Å². The predicted octanol–water partition coefficient (Wildman–Crippen LogP) is 3.76. The summed E-state index contributed by atoms with van der Waals surface area (Å²) in [5.41, 5.74) is 2.54. The first-order valence-electron chi connectivity index (χ1n) is 7.09. The van der Waals surface area contributed by atoms with Crippen molar-refractivity contribution in [3.05, 3.63) is 64.2 Å².